The number of rotatable bonds is 5. The summed E-state index contributed by atoms with van der Waals surface area (Å²) in [5, 5.41) is 6.12. The Bertz CT molecular complexity index is 456. The zero-order valence-electron chi connectivity index (χ0n) is 11.9. The SMILES string of the molecule is CCNC(=O)c1ccc(N)c(NCC2CCCOC2)c1. The highest BCUT2D eigenvalue weighted by atomic mass is 16.5. The number of nitrogens with one attached hydrogen (secondary N) is 2. The van der Waals surface area contributed by atoms with Crippen LogP contribution < -0.4 is 16.4 Å². The summed E-state index contributed by atoms with van der Waals surface area (Å²) in [5.74, 6) is 0.438. The predicted octanol–water partition coefficient (Wildman–Crippen LogP) is 1.86. The summed E-state index contributed by atoms with van der Waals surface area (Å²) in [4.78, 5) is 11.8. The van der Waals surface area contributed by atoms with Gasteiger partial charge >= 0.3 is 0 Å². The van der Waals surface area contributed by atoms with Gasteiger partial charge in [0.15, 0.2) is 0 Å². The summed E-state index contributed by atoms with van der Waals surface area (Å²) in [6, 6.07) is 5.32. The van der Waals surface area contributed by atoms with Gasteiger partial charge in [-0.3, -0.25) is 4.79 Å². The molecule has 0 bridgehead atoms. The molecule has 5 heteroatoms. The first-order valence-corrected chi connectivity index (χ1v) is 7.20. The van der Waals surface area contributed by atoms with E-state index in [1.165, 1.54) is 6.42 Å². The molecular formula is C15H23N3O2. The molecule has 1 heterocycles. The topological polar surface area (TPSA) is 76.4 Å². The highest BCUT2D eigenvalue weighted by Crippen LogP contribution is 2.22. The Hall–Kier alpha value is -1.75. The Morgan fingerprint density at radius 3 is 3.05 bits per heavy atom. The van der Waals surface area contributed by atoms with Crippen LogP contribution in [0.4, 0.5) is 11.4 Å². The number of carbonyl (C=O) groups is 1. The molecule has 2 rings (SSSR count). The molecule has 1 fully saturated rings. The average Bonchev–Trinajstić information content (AvgIpc) is 2.47. The summed E-state index contributed by atoms with van der Waals surface area (Å²) in [6.45, 7) is 5.00. The lowest BCUT2D eigenvalue weighted by atomic mass is 10.0. The van der Waals surface area contributed by atoms with Crippen LogP contribution >= 0.6 is 0 Å². The number of hydrogen-bond donors (Lipinski definition) is 3. The van der Waals surface area contributed by atoms with Crippen LogP contribution in [0.1, 0.15) is 30.1 Å². The summed E-state index contributed by atoms with van der Waals surface area (Å²) >= 11 is 0. The third-order valence-electron chi connectivity index (χ3n) is 3.49. The van der Waals surface area contributed by atoms with Crippen molar-refractivity contribution in [3.05, 3.63) is 23.8 Å². The van der Waals surface area contributed by atoms with E-state index in [1.54, 1.807) is 12.1 Å². The van der Waals surface area contributed by atoms with Crippen LogP contribution in [0.5, 0.6) is 0 Å². The van der Waals surface area contributed by atoms with Crippen molar-refractivity contribution in [1.82, 2.24) is 5.32 Å². The van der Waals surface area contributed by atoms with Gasteiger partial charge in [0.05, 0.1) is 18.0 Å². The fourth-order valence-electron chi connectivity index (χ4n) is 2.34. The normalized spacial score (nSPS) is 18.6. The first kappa shape index (κ1) is 14.7. The molecule has 1 amide bonds. The molecule has 0 aromatic heterocycles. The second kappa shape index (κ2) is 7.14. The maximum atomic E-state index is 11.8. The van der Waals surface area contributed by atoms with Gasteiger partial charge in [-0.05, 0) is 43.9 Å². The lowest BCUT2D eigenvalue weighted by molar-refractivity contribution is 0.0595. The third-order valence-corrected chi connectivity index (χ3v) is 3.49. The molecule has 4 N–H and O–H groups in total. The van der Waals surface area contributed by atoms with Crippen LogP contribution in [0.25, 0.3) is 0 Å². The van der Waals surface area contributed by atoms with E-state index in [-0.39, 0.29) is 5.91 Å². The van der Waals surface area contributed by atoms with E-state index >= 15 is 0 Å². The zero-order valence-corrected chi connectivity index (χ0v) is 11.9. The molecule has 0 spiro atoms. The van der Waals surface area contributed by atoms with Crippen molar-refractivity contribution in [2.24, 2.45) is 5.92 Å². The predicted molar refractivity (Wildman–Crippen MR) is 80.9 cm³/mol. The molecule has 1 aliphatic heterocycles. The molecular weight excluding hydrogens is 254 g/mol. The van der Waals surface area contributed by atoms with Gasteiger partial charge < -0.3 is 21.1 Å². The molecule has 1 aromatic carbocycles. The largest absolute Gasteiger partial charge is 0.397 e. The molecule has 0 aliphatic carbocycles. The van der Waals surface area contributed by atoms with Gasteiger partial charge in [0.25, 0.3) is 5.91 Å². The highest BCUT2D eigenvalue weighted by molar-refractivity contribution is 5.96. The zero-order chi connectivity index (χ0) is 14.4. The van der Waals surface area contributed by atoms with Crippen LogP contribution in [0.3, 0.4) is 0 Å². The molecule has 20 heavy (non-hydrogen) atoms. The number of carbonyl (C=O) groups excluding carboxylic acids is 1. The van der Waals surface area contributed by atoms with E-state index in [1.807, 2.05) is 13.0 Å². The van der Waals surface area contributed by atoms with Crippen molar-refractivity contribution in [3.8, 4) is 0 Å². The van der Waals surface area contributed by atoms with Crippen molar-refractivity contribution >= 4 is 17.3 Å². The van der Waals surface area contributed by atoms with Crippen LogP contribution in [-0.2, 0) is 4.74 Å². The smallest absolute Gasteiger partial charge is 0.251 e. The Morgan fingerprint density at radius 1 is 1.50 bits per heavy atom. The van der Waals surface area contributed by atoms with Gasteiger partial charge in [0.2, 0.25) is 0 Å². The highest BCUT2D eigenvalue weighted by Gasteiger charge is 2.14. The van der Waals surface area contributed by atoms with Crippen LogP contribution in [0.2, 0.25) is 0 Å². The number of nitrogen functional groups attached to an aromatic ring is 1. The number of ether oxygens (including phenoxy) is 1. The van der Waals surface area contributed by atoms with Gasteiger partial charge in [-0.2, -0.15) is 0 Å². The van der Waals surface area contributed by atoms with E-state index in [9.17, 15) is 4.79 Å². The van der Waals surface area contributed by atoms with Gasteiger partial charge in [0, 0.05) is 25.3 Å². The molecule has 0 saturated carbocycles. The van der Waals surface area contributed by atoms with Crippen LogP contribution in [-0.4, -0.2) is 32.2 Å². The summed E-state index contributed by atoms with van der Waals surface area (Å²) in [5.41, 5.74) is 8.06. The standard InChI is InChI=1S/C15H23N3O2/c1-2-17-15(19)12-5-6-13(16)14(8-12)18-9-11-4-3-7-20-10-11/h5-6,8,11,18H,2-4,7,9-10,16H2,1H3,(H,17,19). The molecule has 0 radical (unpaired) electrons. The van der Waals surface area contributed by atoms with Crippen LogP contribution in [0.15, 0.2) is 18.2 Å². The molecule has 5 nitrogen and oxygen atoms in total. The first-order chi connectivity index (χ1) is 9.70. The summed E-state index contributed by atoms with van der Waals surface area (Å²) in [7, 11) is 0. The van der Waals surface area contributed by atoms with E-state index in [2.05, 4.69) is 10.6 Å². The molecule has 110 valence electrons. The Kier molecular flexibility index (Phi) is 5.24. The molecule has 1 saturated heterocycles. The van der Waals surface area contributed by atoms with Crippen molar-refractivity contribution in [2.75, 3.05) is 37.4 Å². The lowest BCUT2D eigenvalue weighted by Crippen LogP contribution is -2.25. The van der Waals surface area contributed by atoms with Gasteiger partial charge in [0.1, 0.15) is 0 Å². The Balaban J connectivity index is 1.98. The third kappa shape index (κ3) is 3.87. The quantitative estimate of drug-likeness (QED) is 0.718. The second-order valence-corrected chi connectivity index (χ2v) is 5.13. The van der Waals surface area contributed by atoms with E-state index in [0.717, 1.165) is 31.9 Å². The van der Waals surface area contributed by atoms with Gasteiger partial charge in [-0.25, -0.2) is 0 Å². The van der Waals surface area contributed by atoms with E-state index in [4.69, 9.17) is 10.5 Å². The Morgan fingerprint density at radius 2 is 2.35 bits per heavy atom. The number of benzene rings is 1. The minimum Gasteiger partial charge on any atom is -0.397 e. The van der Waals surface area contributed by atoms with Gasteiger partial charge in [-0.1, -0.05) is 0 Å². The molecule has 1 atom stereocenters. The maximum Gasteiger partial charge on any atom is 0.251 e. The number of nitrogens with two attached hydrogens (primary N) is 1. The summed E-state index contributed by atoms with van der Waals surface area (Å²) in [6.07, 6.45) is 2.28. The molecule has 1 aliphatic rings. The average molecular weight is 277 g/mol. The fraction of sp³-hybridized carbons (Fsp3) is 0.533. The molecule has 1 aromatic rings. The van der Waals surface area contributed by atoms with Crippen molar-refractivity contribution in [2.45, 2.75) is 19.8 Å². The fourth-order valence-corrected chi connectivity index (χ4v) is 2.34. The monoisotopic (exact) mass is 277 g/mol. The van der Waals surface area contributed by atoms with Crippen LogP contribution in [0, 0.1) is 5.92 Å². The second-order valence-electron chi connectivity index (χ2n) is 5.13. The Labute approximate surface area is 119 Å². The first-order valence-electron chi connectivity index (χ1n) is 7.20. The van der Waals surface area contributed by atoms with Crippen molar-refractivity contribution < 1.29 is 9.53 Å². The molecule has 1 unspecified atom stereocenters. The minimum atomic E-state index is -0.0726. The number of hydrogen-bond acceptors (Lipinski definition) is 4. The van der Waals surface area contributed by atoms with E-state index in [0.29, 0.717) is 23.7 Å². The van der Waals surface area contributed by atoms with Crippen molar-refractivity contribution in [1.29, 1.82) is 0 Å². The number of amides is 1. The van der Waals surface area contributed by atoms with E-state index < -0.39 is 0 Å². The summed E-state index contributed by atoms with van der Waals surface area (Å²) < 4.78 is 5.46. The maximum absolute atomic E-state index is 11.8. The van der Waals surface area contributed by atoms with Crippen molar-refractivity contribution in [3.63, 3.8) is 0 Å². The lowest BCUT2D eigenvalue weighted by Gasteiger charge is -2.23. The minimum absolute atomic E-state index is 0.0726. The van der Waals surface area contributed by atoms with Gasteiger partial charge in [-0.15, -0.1) is 0 Å². The number of anilines is 2.